The van der Waals surface area contributed by atoms with Crippen LogP contribution < -0.4 is 9.47 Å². The lowest BCUT2D eigenvalue weighted by Gasteiger charge is -2.38. The number of aryl methyl sites for hydroxylation is 1. The van der Waals surface area contributed by atoms with E-state index in [0.717, 1.165) is 46.7 Å². The Morgan fingerprint density at radius 2 is 1.79 bits per heavy atom. The molecule has 3 aromatic carbocycles. The third-order valence-electron chi connectivity index (χ3n) is 6.57. The predicted octanol–water partition coefficient (Wildman–Crippen LogP) is 7.96. The summed E-state index contributed by atoms with van der Waals surface area (Å²) in [6.45, 7) is 5.10. The fourth-order valence-corrected chi connectivity index (χ4v) is 5.02. The maximum absolute atomic E-state index is 6.51. The van der Waals surface area contributed by atoms with Crippen LogP contribution in [0.2, 0.25) is 0 Å². The van der Waals surface area contributed by atoms with Crippen molar-refractivity contribution in [2.24, 2.45) is 5.10 Å². The van der Waals surface area contributed by atoms with E-state index >= 15 is 0 Å². The van der Waals surface area contributed by atoms with Crippen molar-refractivity contribution in [2.75, 3.05) is 6.61 Å². The number of nitrogens with zero attached hydrogens (tertiary/aromatic N) is 2. The minimum Gasteiger partial charge on any atom is -0.494 e. The predicted molar refractivity (Wildman–Crippen MR) is 141 cm³/mol. The molecule has 0 saturated carbocycles. The Bertz CT molecular complexity index is 1160. The molecule has 2 heterocycles. The second-order valence-corrected chi connectivity index (χ2v) is 10.1. The molecule has 0 bridgehead atoms. The molecule has 0 amide bonds. The molecule has 0 N–H and O–H groups in total. The molecule has 34 heavy (non-hydrogen) atoms. The summed E-state index contributed by atoms with van der Waals surface area (Å²) in [5.74, 6) is 1.83. The second kappa shape index (κ2) is 10.2. The van der Waals surface area contributed by atoms with Gasteiger partial charge in [0.1, 0.15) is 11.5 Å². The fraction of sp³-hybridized carbons (Fsp3) is 0.345. The molecule has 5 heteroatoms. The molecule has 0 spiro atoms. The first kappa shape index (κ1) is 23.0. The molecule has 5 rings (SSSR count). The van der Waals surface area contributed by atoms with E-state index in [1.807, 2.05) is 18.2 Å². The first-order chi connectivity index (χ1) is 16.6. The Labute approximate surface area is 210 Å². The smallest absolute Gasteiger partial charge is 0.213 e. The van der Waals surface area contributed by atoms with Crippen molar-refractivity contribution in [3.8, 4) is 11.5 Å². The number of rotatable bonds is 8. The Morgan fingerprint density at radius 1 is 1.00 bits per heavy atom. The van der Waals surface area contributed by atoms with Crippen LogP contribution in [-0.4, -0.2) is 17.3 Å². The first-order valence-corrected chi connectivity index (χ1v) is 13.0. The minimum absolute atomic E-state index is 0.136. The number of benzene rings is 3. The van der Waals surface area contributed by atoms with E-state index in [9.17, 15) is 0 Å². The number of ether oxygens (including phenoxy) is 2. The molecule has 0 aromatic heterocycles. The van der Waals surface area contributed by atoms with Crippen molar-refractivity contribution in [3.05, 3.63) is 93.5 Å². The van der Waals surface area contributed by atoms with Gasteiger partial charge in [0, 0.05) is 22.0 Å². The van der Waals surface area contributed by atoms with Gasteiger partial charge in [-0.2, -0.15) is 5.10 Å². The highest BCUT2D eigenvalue weighted by Crippen LogP contribution is 2.48. The lowest BCUT2D eigenvalue weighted by Crippen LogP contribution is -2.33. The Kier molecular flexibility index (Phi) is 6.91. The van der Waals surface area contributed by atoms with Gasteiger partial charge in [-0.3, -0.25) is 0 Å². The number of hydrazone groups is 1. The lowest BCUT2D eigenvalue weighted by molar-refractivity contribution is -0.0191. The average molecular weight is 519 g/mol. The van der Waals surface area contributed by atoms with E-state index in [0.29, 0.717) is 0 Å². The van der Waals surface area contributed by atoms with Gasteiger partial charge in [0.2, 0.25) is 6.23 Å². The molecule has 3 aromatic rings. The van der Waals surface area contributed by atoms with Gasteiger partial charge in [0.05, 0.1) is 18.4 Å². The summed E-state index contributed by atoms with van der Waals surface area (Å²) in [6.07, 6.45) is 5.39. The fourth-order valence-electron chi connectivity index (χ4n) is 4.65. The highest BCUT2D eigenvalue weighted by Gasteiger charge is 2.41. The van der Waals surface area contributed by atoms with Crippen molar-refractivity contribution < 1.29 is 9.47 Å². The maximum atomic E-state index is 6.51. The summed E-state index contributed by atoms with van der Waals surface area (Å²) in [7, 11) is 0. The van der Waals surface area contributed by atoms with E-state index in [4.69, 9.17) is 14.6 Å². The van der Waals surface area contributed by atoms with E-state index in [1.165, 1.54) is 36.0 Å². The van der Waals surface area contributed by atoms with Crippen molar-refractivity contribution in [1.29, 1.82) is 0 Å². The van der Waals surface area contributed by atoms with Crippen LogP contribution in [0, 0.1) is 6.92 Å². The average Bonchev–Trinajstić information content (AvgIpc) is 3.30. The Balaban J connectivity index is 1.40. The second-order valence-electron chi connectivity index (χ2n) is 9.14. The van der Waals surface area contributed by atoms with Crippen LogP contribution in [0.3, 0.4) is 0 Å². The van der Waals surface area contributed by atoms with Crippen LogP contribution in [0.15, 0.2) is 76.3 Å². The van der Waals surface area contributed by atoms with Gasteiger partial charge in [0.25, 0.3) is 0 Å². The van der Waals surface area contributed by atoms with Crippen molar-refractivity contribution in [2.45, 2.75) is 58.2 Å². The van der Waals surface area contributed by atoms with Gasteiger partial charge in [-0.1, -0.05) is 71.9 Å². The molecule has 0 aliphatic carbocycles. The summed E-state index contributed by atoms with van der Waals surface area (Å²) >= 11 is 3.63. The third kappa shape index (κ3) is 4.85. The van der Waals surface area contributed by atoms with Crippen LogP contribution in [0.1, 0.15) is 73.6 Å². The summed E-state index contributed by atoms with van der Waals surface area (Å²) < 4.78 is 13.5. The zero-order chi connectivity index (χ0) is 23.5. The minimum atomic E-state index is -0.278. The van der Waals surface area contributed by atoms with E-state index < -0.39 is 0 Å². The molecule has 2 aliphatic heterocycles. The van der Waals surface area contributed by atoms with Gasteiger partial charge >= 0.3 is 0 Å². The first-order valence-electron chi connectivity index (χ1n) is 12.2. The molecular weight excluding hydrogens is 488 g/mol. The summed E-state index contributed by atoms with van der Waals surface area (Å²) in [6, 6.07) is 23.3. The maximum Gasteiger partial charge on any atom is 0.213 e. The van der Waals surface area contributed by atoms with E-state index in [2.05, 4.69) is 83.3 Å². The van der Waals surface area contributed by atoms with Crippen LogP contribution >= 0.6 is 15.9 Å². The summed E-state index contributed by atoms with van der Waals surface area (Å²) in [5, 5.41) is 7.20. The van der Waals surface area contributed by atoms with Crippen molar-refractivity contribution in [1.82, 2.24) is 5.01 Å². The monoisotopic (exact) mass is 518 g/mol. The molecule has 2 atom stereocenters. The quantitative estimate of drug-likeness (QED) is 0.283. The number of hydrogen-bond acceptors (Lipinski definition) is 4. The number of halogens is 1. The molecule has 2 aliphatic rings. The zero-order valence-electron chi connectivity index (χ0n) is 19.8. The number of hydrogen-bond donors (Lipinski definition) is 0. The summed E-state index contributed by atoms with van der Waals surface area (Å²) in [5.41, 5.74) is 5.76. The van der Waals surface area contributed by atoms with Gasteiger partial charge < -0.3 is 9.47 Å². The van der Waals surface area contributed by atoms with Crippen LogP contribution in [0.4, 0.5) is 0 Å². The molecule has 0 fully saturated rings. The van der Waals surface area contributed by atoms with Crippen LogP contribution in [-0.2, 0) is 0 Å². The topological polar surface area (TPSA) is 34.1 Å². The van der Waals surface area contributed by atoms with Gasteiger partial charge in [-0.25, -0.2) is 5.01 Å². The highest BCUT2D eigenvalue weighted by atomic mass is 79.9. The zero-order valence-corrected chi connectivity index (χ0v) is 21.4. The Morgan fingerprint density at radius 3 is 2.56 bits per heavy atom. The Hall–Kier alpha value is -2.79. The molecule has 0 saturated heterocycles. The van der Waals surface area contributed by atoms with Crippen LogP contribution in [0.25, 0.3) is 0 Å². The SMILES string of the molecule is CCCCCCOc1ccc([C@@H]2Oc3ccc(Br)cc3[C@H]3CC(c4ccc(C)cc4)=NN32)cc1. The third-order valence-corrected chi connectivity index (χ3v) is 7.06. The standard InChI is InChI=1S/C29H31BrN2O2/c1-3-4-5-6-17-33-24-14-11-22(12-15-24)29-32-27(25-18-23(30)13-16-28(25)34-29)19-26(31-32)21-9-7-20(2)8-10-21/h7-16,18,27,29H,3-6,17,19H2,1-2H3/t27-,29+/m1/s1. The molecule has 0 radical (unpaired) electrons. The van der Waals surface area contributed by atoms with Crippen LogP contribution in [0.5, 0.6) is 11.5 Å². The lowest BCUT2D eigenvalue weighted by atomic mass is 9.95. The summed E-state index contributed by atoms with van der Waals surface area (Å²) in [4.78, 5) is 0. The van der Waals surface area contributed by atoms with Gasteiger partial charge in [-0.05, 0) is 61.4 Å². The van der Waals surface area contributed by atoms with Gasteiger partial charge in [0.15, 0.2) is 0 Å². The van der Waals surface area contributed by atoms with E-state index in [-0.39, 0.29) is 12.3 Å². The number of unbranched alkanes of at least 4 members (excludes halogenated alkanes) is 3. The van der Waals surface area contributed by atoms with Crippen molar-refractivity contribution >= 4 is 21.6 Å². The molecule has 176 valence electrons. The largest absolute Gasteiger partial charge is 0.494 e. The normalized spacial score (nSPS) is 18.7. The van der Waals surface area contributed by atoms with Gasteiger partial charge in [-0.15, -0.1) is 0 Å². The molecule has 0 unspecified atom stereocenters. The molecular formula is C29H31BrN2O2. The van der Waals surface area contributed by atoms with E-state index in [1.54, 1.807) is 0 Å². The highest BCUT2D eigenvalue weighted by molar-refractivity contribution is 9.10. The number of fused-ring (bicyclic) bond motifs is 3. The molecule has 4 nitrogen and oxygen atoms in total. The van der Waals surface area contributed by atoms with Crippen molar-refractivity contribution in [3.63, 3.8) is 0 Å².